The van der Waals surface area contributed by atoms with E-state index in [0.717, 1.165) is 0 Å². The number of hydrogen-bond donors (Lipinski definition) is 1. The molecule has 0 radical (unpaired) electrons. The van der Waals surface area contributed by atoms with Gasteiger partial charge in [0, 0.05) is 30.9 Å². The van der Waals surface area contributed by atoms with Gasteiger partial charge in [0.2, 0.25) is 0 Å². The zero-order chi connectivity index (χ0) is 13.1. The van der Waals surface area contributed by atoms with E-state index in [-0.39, 0.29) is 17.2 Å². The molecule has 7 heteroatoms. The van der Waals surface area contributed by atoms with Crippen LogP contribution in [0.15, 0.2) is 22.6 Å². The van der Waals surface area contributed by atoms with Crippen LogP contribution in [0, 0.1) is 0 Å². The van der Waals surface area contributed by atoms with Crippen molar-refractivity contribution in [1.82, 2.24) is 14.7 Å². The molecule has 0 bridgehead atoms. The third-order valence-corrected chi connectivity index (χ3v) is 3.15. The molecule has 1 atom stereocenters. The van der Waals surface area contributed by atoms with Crippen molar-refractivity contribution >= 4 is 22.2 Å². The molecule has 0 aliphatic rings. The maximum atomic E-state index is 12.0. The number of thiazole rings is 1. The monoisotopic (exact) mass is 267 g/mol. The van der Waals surface area contributed by atoms with Crippen molar-refractivity contribution in [1.29, 1.82) is 0 Å². The van der Waals surface area contributed by atoms with Crippen LogP contribution < -0.4 is 10.9 Å². The van der Waals surface area contributed by atoms with Gasteiger partial charge < -0.3 is 10.1 Å². The summed E-state index contributed by atoms with van der Waals surface area (Å²) in [7, 11) is 1.55. The Balaban J connectivity index is 2.28. The van der Waals surface area contributed by atoms with Gasteiger partial charge in [-0.2, -0.15) is 0 Å². The lowest BCUT2D eigenvalue weighted by molar-refractivity contribution is 0.0903. The molecule has 0 aliphatic heterocycles. The third kappa shape index (κ3) is 2.41. The minimum atomic E-state index is -0.433. The molecule has 1 N–H and O–H groups in total. The van der Waals surface area contributed by atoms with E-state index >= 15 is 0 Å². The molecule has 2 rings (SSSR count). The molecule has 6 nitrogen and oxygen atoms in total. The van der Waals surface area contributed by atoms with Gasteiger partial charge >= 0.3 is 0 Å². The predicted octanol–water partition coefficient (Wildman–Crippen LogP) is 0.521. The topological polar surface area (TPSA) is 72.7 Å². The molecule has 0 fully saturated rings. The molecule has 2 aromatic heterocycles. The Bertz CT molecular complexity index is 619. The van der Waals surface area contributed by atoms with E-state index in [0.29, 0.717) is 11.6 Å². The van der Waals surface area contributed by atoms with Crippen molar-refractivity contribution in [3.05, 3.63) is 33.7 Å². The first kappa shape index (κ1) is 12.7. The lowest BCUT2D eigenvalue weighted by atomic mass is 10.2. The van der Waals surface area contributed by atoms with Crippen LogP contribution >= 0.6 is 11.3 Å². The zero-order valence-corrected chi connectivity index (χ0v) is 10.9. The van der Waals surface area contributed by atoms with Crippen molar-refractivity contribution in [3.63, 3.8) is 0 Å². The summed E-state index contributed by atoms with van der Waals surface area (Å²) in [5.74, 6) is -0.433. The first-order chi connectivity index (χ1) is 8.63. The van der Waals surface area contributed by atoms with E-state index in [1.165, 1.54) is 21.9 Å². The summed E-state index contributed by atoms with van der Waals surface area (Å²) in [6, 6.07) is -0.162. The van der Waals surface area contributed by atoms with Crippen LogP contribution in [0.5, 0.6) is 0 Å². The van der Waals surface area contributed by atoms with Crippen molar-refractivity contribution in [3.8, 4) is 0 Å². The van der Waals surface area contributed by atoms with Crippen molar-refractivity contribution in [2.24, 2.45) is 0 Å². The highest BCUT2D eigenvalue weighted by molar-refractivity contribution is 7.15. The van der Waals surface area contributed by atoms with Crippen LogP contribution in [0.3, 0.4) is 0 Å². The van der Waals surface area contributed by atoms with Crippen LogP contribution in [-0.4, -0.2) is 35.1 Å². The summed E-state index contributed by atoms with van der Waals surface area (Å²) < 4.78 is 6.28. The fraction of sp³-hybridized carbons (Fsp3) is 0.364. The second-order valence-corrected chi connectivity index (χ2v) is 4.74. The molecule has 2 aromatic rings. The van der Waals surface area contributed by atoms with Gasteiger partial charge in [0.15, 0.2) is 4.96 Å². The van der Waals surface area contributed by atoms with Gasteiger partial charge in [-0.05, 0) is 6.92 Å². The highest BCUT2D eigenvalue weighted by atomic mass is 32.1. The molecule has 0 saturated heterocycles. The number of nitrogens with one attached hydrogen (secondary N) is 1. The second-order valence-electron chi connectivity index (χ2n) is 3.86. The lowest BCUT2D eigenvalue weighted by Gasteiger charge is -2.12. The van der Waals surface area contributed by atoms with Crippen LogP contribution in [0.4, 0.5) is 0 Å². The largest absolute Gasteiger partial charge is 0.383 e. The Morgan fingerprint density at radius 2 is 2.44 bits per heavy atom. The number of ether oxygens (including phenoxy) is 1. The standard InChI is InChI=1S/C11H13N3O3S/c1-7(6-17-2)13-9(15)8-5-12-11-14(10(8)16)3-4-18-11/h3-5,7H,6H2,1-2H3,(H,13,15)/t7-/m1/s1. The average Bonchev–Trinajstić information content (AvgIpc) is 2.78. The molecule has 0 spiro atoms. The van der Waals surface area contributed by atoms with Gasteiger partial charge in [0.05, 0.1) is 6.61 Å². The summed E-state index contributed by atoms with van der Waals surface area (Å²) in [5, 5.41) is 4.43. The van der Waals surface area contributed by atoms with E-state index < -0.39 is 5.91 Å². The van der Waals surface area contributed by atoms with E-state index in [4.69, 9.17) is 4.74 Å². The summed E-state index contributed by atoms with van der Waals surface area (Å²) in [4.78, 5) is 28.5. The Labute approximate surface area is 107 Å². The molecule has 1 amide bonds. The molecular weight excluding hydrogens is 254 g/mol. The summed E-state index contributed by atoms with van der Waals surface area (Å²) in [5.41, 5.74) is -0.322. The highest BCUT2D eigenvalue weighted by Gasteiger charge is 2.15. The van der Waals surface area contributed by atoms with Gasteiger partial charge in [-0.15, -0.1) is 11.3 Å². The quantitative estimate of drug-likeness (QED) is 0.876. The van der Waals surface area contributed by atoms with Crippen molar-refractivity contribution in [2.45, 2.75) is 13.0 Å². The van der Waals surface area contributed by atoms with Gasteiger partial charge in [0.1, 0.15) is 5.56 Å². The minimum Gasteiger partial charge on any atom is -0.383 e. The van der Waals surface area contributed by atoms with E-state index in [9.17, 15) is 9.59 Å². The summed E-state index contributed by atoms with van der Waals surface area (Å²) in [6.07, 6.45) is 2.91. The van der Waals surface area contributed by atoms with Crippen LogP contribution in [0.1, 0.15) is 17.3 Å². The number of carbonyl (C=O) groups excluding carboxylic acids is 1. The second kappa shape index (κ2) is 5.28. The van der Waals surface area contributed by atoms with Crippen molar-refractivity contribution < 1.29 is 9.53 Å². The number of rotatable bonds is 4. The predicted molar refractivity (Wildman–Crippen MR) is 68.1 cm³/mol. The number of fused-ring (bicyclic) bond motifs is 1. The fourth-order valence-corrected chi connectivity index (χ4v) is 2.25. The molecule has 2 heterocycles. The lowest BCUT2D eigenvalue weighted by Crippen LogP contribution is -2.38. The Morgan fingerprint density at radius 3 is 3.17 bits per heavy atom. The SMILES string of the molecule is COC[C@@H](C)NC(=O)c1cnc2sccn2c1=O. The number of carbonyl (C=O) groups is 1. The molecule has 0 aliphatic carbocycles. The molecule has 0 aromatic carbocycles. The number of hydrogen-bond acceptors (Lipinski definition) is 5. The maximum absolute atomic E-state index is 12.0. The Hall–Kier alpha value is -1.73. The third-order valence-electron chi connectivity index (χ3n) is 2.38. The number of nitrogens with zero attached hydrogens (tertiary/aromatic N) is 2. The fourth-order valence-electron chi connectivity index (χ4n) is 1.57. The van der Waals surface area contributed by atoms with Gasteiger partial charge in [-0.25, -0.2) is 4.98 Å². The van der Waals surface area contributed by atoms with Gasteiger partial charge in [-0.3, -0.25) is 14.0 Å². The first-order valence-electron chi connectivity index (χ1n) is 5.38. The molecular formula is C11H13N3O3S. The molecule has 18 heavy (non-hydrogen) atoms. The van der Waals surface area contributed by atoms with E-state index in [2.05, 4.69) is 10.3 Å². The molecule has 96 valence electrons. The summed E-state index contributed by atoms with van der Waals surface area (Å²) >= 11 is 1.34. The summed E-state index contributed by atoms with van der Waals surface area (Å²) in [6.45, 7) is 2.19. The Morgan fingerprint density at radius 1 is 1.67 bits per heavy atom. The van der Waals surface area contributed by atoms with Gasteiger partial charge in [0.25, 0.3) is 11.5 Å². The smallest absolute Gasteiger partial charge is 0.271 e. The minimum absolute atomic E-state index is 0.0360. The zero-order valence-electron chi connectivity index (χ0n) is 10.0. The van der Waals surface area contributed by atoms with E-state index in [1.54, 1.807) is 25.6 Å². The normalized spacial score (nSPS) is 12.6. The average molecular weight is 267 g/mol. The van der Waals surface area contributed by atoms with Crippen LogP contribution in [-0.2, 0) is 4.74 Å². The first-order valence-corrected chi connectivity index (χ1v) is 6.26. The van der Waals surface area contributed by atoms with E-state index in [1.807, 2.05) is 0 Å². The highest BCUT2D eigenvalue weighted by Crippen LogP contribution is 2.05. The number of methoxy groups -OCH3 is 1. The number of aromatic nitrogens is 2. The molecule has 0 unspecified atom stereocenters. The maximum Gasteiger partial charge on any atom is 0.271 e. The van der Waals surface area contributed by atoms with Crippen LogP contribution in [0.25, 0.3) is 4.96 Å². The van der Waals surface area contributed by atoms with Crippen molar-refractivity contribution in [2.75, 3.05) is 13.7 Å². The van der Waals surface area contributed by atoms with Crippen LogP contribution in [0.2, 0.25) is 0 Å². The number of amides is 1. The Kier molecular flexibility index (Phi) is 3.73. The van der Waals surface area contributed by atoms with Gasteiger partial charge in [-0.1, -0.05) is 0 Å². The molecule has 0 saturated carbocycles.